The molecule has 1 aliphatic carbocycles. The molecule has 21 heavy (non-hydrogen) atoms. The molecule has 1 unspecified atom stereocenters. The van der Waals surface area contributed by atoms with Crippen molar-refractivity contribution in [3.8, 4) is 5.75 Å². The third kappa shape index (κ3) is 3.76. The van der Waals surface area contributed by atoms with E-state index in [1.807, 2.05) is 24.3 Å². The second-order valence-electron chi connectivity index (χ2n) is 5.17. The smallest absolute Gasteiger partial charge is 0.317 e. The molecule has 0 fully saturated rings. The van der Waals surface area contributed by atoms with Crippen molar-refractivity contribution in [1.82, 2.24) is 10.2 Å². The summed E-state index contributed by atoms with van der Waals surface area (Å²) in [4.78, 5) is 13.8. The molecule has 0 radical (unpaired) electrons. The Morgan fingerprint density at radius 1 is 1.38 bits per heavy atom. The highest BCUT2D eigenvalue weighted by molar-refractivity contribution is 5.75. The van der Waals surface area contributed by atoms with E-state index in [0.717, 1.165) is 24.2 Å². The minimum Gasteiger partial charge on any atom is -0.497 e. The Bertz CT molecular complexity index is 491. The summed E-state index contributed by atoms with van der Waals surface area (Å²) in [5.41, 5.74) is 0.875. The first-order chi connectivity index (χ1) is 10.2. The maximum Gasteiger partial charge on any atom is 0.317 e. The van der Waals surface area contributed by atoms with Crippen LogP contribution in [0, 0.1) is 0 Å². The van der Waals surface area contributed by atoms with Gasteiger partial charge in [-0.25, -0.2) is 4.79 Å². The van der Waals surface area contributed by atoms with Gasteiger partial charge in [0.05, 0.1) is 19.8 Å². The summed E-state index contributed by atoms with van der Waals surface area (Å²) in [6.45, 7) is -0.126. The van der Waals surface area contributed by atoms with Gasteiger partial charge in [-0.05, 0) is 30.5 Å². The van der Waals surface area contributed by atoms with Crippen LogP contribution in [-0.2, 0) is 0 Å². The number of amides is 2. The molecular weight excluding hydrogens is 268 g/mol. The second kappa shape index (κ2) is 7.13. The Hall–Kier alpha value is -2.01. The lowest BCUT2D eigenvalue weighted by atomic mass is 10.1. The normalized spacial score (nSPS) is 15.8. The molecule has 2 N–H and O–H groups in total. The summed E-state index contributed by atoms with van der Waals surface area (Å²) in [6, 6.07) is 7.00. The largest absolute Gasteiger partial charge is 0.497 e. The maximum atomic E-state index is 12.2. The first-order valence-electron chi connectivity index (χ1n) is 7.09. The number of carbonyl (C=O) groups is 1. The van der Waals surface area contributed by atoms with E-state index < -0.39 is 0 Å². The van der Waals surface area contributed by atoms with Crippen LogP contribution in [0.2, 0.25) is 0 Å². The highest BCUT2D eigenvalue weighted by atomic mass is 16.5. The van der Waals surface area contributed by atoms with E-state index in [4.69, 9.17) is 4.74 Å². The van der Waals surface area contributed by atoms with E-state index in [1.54, 1.807) is 19.1 Å². The van der Waals surface area contributed by atoms with Crippen molar-refractivity contribution in [3.05, 3.63) is 42.0 Å². The lowest BCUT2D eigenvalue weighted by Crippen LogP contribution is -2.44. The van der Waals surface area contributed by atoms with Crippen LogP contribution in [0.1, 0.15) is 24.4 Å². The Balaban J connectivity index is 2.02. The summed E-state index contributed by atoms with van der Waals surface area (Å²) in [6.07, 6.45) is 5.87. The fourth-order valence-electron chi connectivity index (χ4n) is 2.43. The predicted molar refractivity (Wildman–Crippen MR) is 81.3 cm³/mol. The molecule has 114 valence electrons. The quantitative estimate of drug-likeness (QED) is 0.816. The van der Waals surface area contributed by atoms with E-state index in [0.29, 0.717) is 0 Å². The number of urea groups is 1. The van der Waals surface area contributed by atoms with Crippen LogP contribution in [0.4, 0.5) is 4.79 Å². The number of likely N-dealkylation sites (N-methyl/N-ethyl adjacent to an activating group) is 1. The third-order valence-corrected chi connectivity index (χ3v) is 3.80. The standard InChI is InChI=1S/C16H22N2O3/c1-18(16(20)17-13-5-3-4-6-13)15(11-19)12-7-9-14(21-2)10-8-12/h3-4,7-10,13,15,19H,5-6,11H2,1-2H3,(H,17,20). The molecule has 0 spiro atoms. The Morgan fingerprint density at radius 3 is 2.52 bits per heavy atom. The van der Waals surface area contributed by atoms with Crippen molar-refractivity contribution < 1.29 is 14.6 Å². The first kappa shape index (κ1) is 15.4. The van der Waals surface area contributed by atoms with Crippen molar-refractivity contribution in [2.75, 3.05) is 20.8 Å². The highest BCUT2D eigenvalue weighted by Crippen LogP contribution is 2.22. The molecule has 5 nitrogen and oxygen atoms in total. The van der Waals surface area contributed by atoms with E-state index in [9.17, 15) is 9.90 Å². The molecule has 0 aromatic heterocycles. The molecule has 0 saturated heterocycles. The Labute approximate surface area is 125 Å². The van der Waals surface area contributed by atoms with Gasteiger partial charge in [-0.15, -0.1) is 0 Å². The van der Waals surface area contributed by atoms with Crippen LogP contribution >= 0.6 is 0 Å². The van der Waals surface area contributed by atoms with Crippen LogP contribution in [0.5, 0.6) is 5.75 Å². The van der Waals surface area contributed by atoms with Crippen molar-refractivity contribution >= 4 is 6.03 Å². The average Bonchev–Trinajstić information content (AvgIpc) is 3.01. The molecule has 1 aliphatic rings. The molecule has 1 aromatic carbocycles. The number of ether oxygens (including phenoxy) is 1. The molecule has 5 heteroatoms. The summed E-state index contributed by atoms with van der Waals surface area (Å²) in [5, 5.41) is 12.6. The van der Waals surface area contributed by atoms with Gasteiger partial charge in [0.1, 0.15) is 5.75 Å². The average molecular weight is 290 g/mol. The number of benzene rings is 1. The number of rotatable bonds is 5. The highest BCUT2D eigenvalue weighted by Gasteiger charge is 2.23. The second-order valence-corrected chi connectivity index (χ2v) is 5.17. The number of aliphatic hydroxyl groups excluding tert-OH is 1. The molecule has 2 rings (SSSR count). The molecule has 0 bridgehead atoms. The zero-order valence-corrected chi connectivity index (χ0v) is 12.5. The third-order valence-electron chi connectivity index (χ3n) is 3.80. The van der Waals surface area contributed by atoms with Crippen molar-refractivity contribution in [3.63, 3.8) is 0 Å². The van der Waals surface area contributed by atoms with Crippen molar-refractivity contribution in [2.45, 2.75) is 24.9 Å². The maximum absolute atomic E-state index is 12.2. The van der Waals surface area contributed by atoms with Crippen LogP contribution in [0.3, 0.4) is 0 Å². The molecule has 2 amide bonds. The zero-order valence-electron chi connectivity index (χ0n) is 12.5. The fourth-order valence-corrected chi connectivity index (χ4v) is 2.43. The zero-order chi connectivity index (χ0) is 15.2. The van der Waals surface area contributed by atoms with Gasteiger partial charge in [0.15, 0.2) is 0 Å². The van der Waals surface area contributed by atoms with Crippen LogP contribution in [-0.4, -0.2) is 42.8 Å². The van der Waals surface area contributed by atoms with E-state index in [-0.39, 0.29) is 24.7 Å². The number of hydrogen-bond donors (Lipinski definition) is 2. The van der Waals surface area contributed by atoms with Crippen molar-refractivity contribution in [1.29, 1.82) is 0 Å². The van der Waals surface area contributed by atoms with Gasteiger partial charge in [-0.1, -0.05) is 24.3 Å². The summed E-state index contributed by atoms with van der Waals surface area (Å²) in [5.74, 6) is 0.750. The van der Waals surface area contributed by atoms with Gasteiger partial charge in [0.25, 0.3) is 0 Å². The van der Waals surface area contributed by atoms with Gasteiger partial charge in [0, 0.05) is 13.1 Å². The van der Waals surface area contributed by atoms with Crippen molar-refractivity contribution in [2.24, 2.45) is 0 Å². The Morgan fingerprint density at radius 2 is 2.00 bits per heavy atom. The van der Waals surface area contributed by atoms with Crippen LogP contribution in [0.25, 0.3) is 0 Å². The number of nitrogens with zero attached hydrogens (tertiary/aromatic N) is 1. The topological polar surface area (TPSA) is 61.8 Å². The van der Waals surface area contributed by atoms with Crippen LogP contribution in [0.15, 0.2) is 36.4 Å². The fraction of sp³-hybridized carbons (Fsp3) is 0.438. The van der Waals surface area contributed by atoms with Gasteiger partial charge in [0.2, 0.25) is 0 Å². The minimum absolute atomic E-state index is 0.126. The summed E-state index contributed by atoms with van der Waals surface area (Å²) >= 11 is 0. The van der Waals surface area contributed by atoms with Gasteiger partial charge < -0.3 is 20.1 Å². The van der Waals surface area contributed by atoms with Gasteiger partial charge in [-0.2, -0.15) is 0 Å². The molecule has 1 aromatic rings. The number of nitrogens with one attached hydrogen (secondary N) is 1. The predicted octanol–water partition coefficient (Wildman–Crippen LogP) is 2.09. The van der Waals surface area contributed by atoms with Gasteiger partial charge >= 0.3 is 6.03 Å². The number of aliphatic hydroxyl groups is 1. The van der Waals surface area contributed by atoms with Gasteiger partial charge in [-0.3, -0.25) is 0 Å². The number of hydrogen-bond acceptors (Lipinski definition) is 3. The lowest BCUT2D eigenvalue weighted by molar-refractivity contribution is 0.147. The SMILES string of the molecule is COc1ccc(C(CO)N(C)C(=O)NC2CC=CC2)cc1. The summed E-state index contributed by atoms with van der Waals surface area (Å²) < 4.78 is 5.12. The van der Waals surface area contributed by atoms with E-state index in [2.05, 4.69) is 17.5 Å². The molecular formula is C16H22N2O3. The minimum atomic E-state index is -0.370. The molecule has 0 heterocycles. The molecule has 1 atom stereocenters. The first-order valence-corrected chi connectivity index (χ1v) is 7.09. The van der Waals surface area contributed by atoms with E-state index >= 15 is 0 Å². The molecule has 0 aliphatic heterocycles. The number of carbonyl (C=O) groups excluding carboxylic acids is 1. The molecule has 0 saturated carbocycles. The lowest BCUT2D eigenvalue weighted by Gasteiger charge is -2.28. The summed E-state index contributed by atoms with van der Waals surface area (Å²) in [7, 11) is 3.30. The van der Waals surface area contributed by atoms with Crippen LogP contribution < -0.4 is 10.1 Å². The monoisotopic (exact) mass is 290 g/mol. The van der Waals surface area contributed by atoms with E-state index in [1.165, 1.54) is 0 Å². The Kier molecular flexibility index (Phi) is 5.22. The number of methoxy groups -OCH3 is 1.